The minimum atomic E-state index is -0.554. The van der Waals surface area contributed by atoms with Gasteiger partial charge in [0.05, 0.1) is 0 Å². The Balaban J connectivity index is 2.41. The van der Waals surface area contributed by atoms with Gasteiger partial charge in [-0.3, -0.25) is 9.78 Å². The monoisotopic (exact) mass is 208 g/mol. The maximum Gasteiger partial charge on any atom is 0.323 e. The van der Waals surface area contributed by atoms with Crippen LogP contribution in [0.3, 0.4) is 0 Å². The molecule has 1 rings (SSSR count). The molecule has 0 fully saturated rings. The van der Waals surface area contributed by atoms with E-state index in [1.807, 2.05) is 19.9 Å². The van der Waals surface area contributed by atoms with E-state index < -0.39 is 6.04 Å². The van der Waals surface area contributed by atoms with Gasteiger partial charge in [0.25, 0.3) is 0 Å². The SMILES string of the molecule is CC(C)C(N)C(=O)OCc1cccnc1. The lowest BCUT2D eigenvalue weighted by Gasteiger charge is -2.14. The van der Waals surface area contributed by atoms with Gasteiger partial charge in [0.1, 0.15) is 12.6 Å². The lowest BCUT2D eigenvalue weighted by Crippen LogP contribution is -2.36. The molecule has 0 aliphatic heterocycles. The van der Waals surface area contributed by atoms with Gasteiger partial charge >= 0.3 is 5.97 Å². The average Bonchev–Trinajstić information content (AvgIpc) is 2.26. The van der Waals surface area contributed by atoms with E-state index in [1.165, 1.54) is 0 Å². The highest BCUT2D eigenvalue weighted by atomic mass is 16.5. The fraction of sp³-hybridized carbons (Fsp3) is 0.455. The molecule has 82 valence electrons. The van der Waals surface area contributed by atoms with Crippen LogP contribution in [0.1, 0.15) is 19.4 Å². The van der Waals surface area contributed by atoms with Crippen molar-refractivity contribution < 1.29 is 9.53 Å². The maximum atomic E-state index is 11.4. The van der Waals surface area contributed by atoms with Crippen molar-refractivity contribution >= 4 is 5.97 Å². The molecule has 1 aromatic rings. The number of hydrogen-bond acceptors (Lipinski definition) is 4. The zero-order chi connectivity index (χ0) is 11.3. The zero-order valence-corrected chi connectivity index (χ0v) is 9.01. The van der Waals surface area contributed by atoms with Crippen LogP contribution in [0.5, 0.6) is 0 Å². The number of aromatic nitrogens is 1. The smallest absolute Gasteiger partial charge is 0.323 e. The molecule has 0 aliphatic carbocycles. The Kier molecular flexibility index (Phi) is 4.24. The zero-order valence-electron chi connectivity index (χ0n) is 9.01. The molecular weight excluding hydrogens is 192 g/mol. The molecule has 0 aromatic carbocycles. The van der Waals surface area contributed by atoms with Crippen molar-refractivity contribution in [1.82, 2.24) is 4.98 Å². The van der Waals surface area contributed by atoms with E-state index in [4.69, 9.17) is 10.5 Å². The summed E-state index contributed by atoms with van der Waals surface area (Å²) in [6, 6.07) is 3.09. The van der Waals surface area contributed by atoms with Gasteiger partial charge in [0, 0.05) is 18.0 Å². The molecule has 0 radical (unpaired) electrons. The summed E-state index contributed by atoms with van der Waals surface area (Å²) in [6.07, 6.45) is 3.33. The van der Waals surface area contributed by atoms with Crippen LogP contribution < -0.4 is 5.73 Å². The summed E-state index contributed by atoms with van der Waals surface area (Å²) in [6.45, 7) is 4.00. The Bertz CT molecular complexity index is 312. The van der Waals surface area contributed by atoms with Crippen LogP contribution in [0.2, 0.25) is 0 Å². The van der Waals surface area contributed by atoms with Crippen molar-refractivity contribution in [3.05, 3.63) is 30.1 Å². The molecule has 0 amide bonds. The van der Waals surface area contributed by atoms with E-state index in [0.717, 1.165) is 5.56 Å². The molecule has 4 heteroatoms. The van der Waals surface area contributed by atoms with Crippen molar-refractivity contribution in [2.24, 2.45) is 11.7 Å². The van der Waals surface area contributed by atoms with E-state index in [9.17, 15) is 4.79 Å². The predicted molar refractivity (Wildman–Crippen MR) is 56.8 cm³/mol. The molecular formula is C11H16N2O2. The summed E-state index contributed by atoms with van der Waals surface area (Å²) in [5.74, 6) is -0.278. The Morgan fingerprint density at radius 2 is 2.33 bits per heavy atom. The highest BCUT2D eigenvalue weighted by Crippen LogP contribution is 2.04. The molecule has 4 nitrogen and oxygen atoms in total. The molecule has 1 unspecified atom stereocenters. The van der Waals surface area contributed by atoms with Crippen LogP contribution in [0.4, 0.5) is 0 Å². The largest absolute Gasteiger partial charge is 0.460 e. The highest BCUT2D eigenvalue weighted by Gasteiger charge is 2.18. The Morgan fingerprint density at radius 3 is 2.87 bits per heavy atom. The second-order valence-electron chi connectivity index (χ2n) is 3.74. The van der Waals surface area contributed by atoms with E-state index in [0.29, 0.717) is 0 Å². The number of carbonyl (C=O) groups is 1. The fourth-order valence-corrected chi connectivity index (χ4v) is 1.01. The lowest BCUT2D eigenvalue weighted by atomic mass is 10.1. The number of nitrogens with zero attached hydrogens (tertiary/aromatic N) is 1. The van der Waals surface area contributed by atoms with Gasteiger partial charge in [0.2, 0.25) is 0 Å². The number of hydrogen-bond donors (Lipinski definition) is 1. The third-order valence-electron chi connectivity index (χ3n) is 2.09. The normalized spacial score (nSPS) is 12.5. The van der Waals surface area contributed by atoms with E-state index >= 15 is 0 Å². The molecule has 0 saturated heterocycles. The molecule has 1 heterocycles. The molecule has 0 aliphatic rings. The van der Waals surface area contributed by atoms with Gasteiger partial charge < -0.3 is 10.5 Å². The third kappa shape index (κ3) is 3.67. The molecule has 1 aromatic heterocycles. The summed E-state index contributed by atoms with van der Waals surface area (Å²) in [5.41, 5.74) is 6.50. The first-order valence-corrected chi connectivity index (χ1v) is 4.92. The number of carbonyl (C=O) groups excluding carboxylic acids is 1. The Hall–Kier alpha value is -1.42. The van der Waals surface area contributed by atoms with Crippen molar-refractivity contribution in [3.63, 3.8) is 0 Å². The van der Waals surface area contributed by atoms with Crippen LogP contribution >= 0.6 is 0 Å². The summed E-state index contributed by atoms with van der Waals surface area (Å²) >= 11 is 0. The van der Waals surface area contributed by atoms with Crippen LogP contribution in [0.25, 0.3) is 0 Å². The van der Waals surface area contributed by atoms with Gasteiger partial charge in [-0.1, -0.05) is 19.9 Å². The molecule has 15 heavy (non-hydrogen) atoms. The standard InChI is InChI=1S/C11H16N2O2/c1-8(2)10(12)11(14)15-7-9-4-3-5-13-6-9/h3-6,8,10H,7,12H2,1-2H3. The second-order valence-corrected chi connectivity index (χ2v) is 3.74. The van der Waals surface area contributed by atoms with Gasteiger partial charge in [0.15, 0.2) is 0 Å². The number of rotatable bonds is 4. The Morgan fingerprint density at radius 1 is 1.60 bits per heavy atom. The topological polar surface area (TPSA) is 65.2 Å². The first kappa shape index (κ1) is 11.7. The van der Waals surface area contributed by atoms with Gasteiger partial charge in [-0.05, 0) is 12.0 Å². The number of pyridine rings is 1. The van der Waals surface area contributed by atoms with E-state index in [-0.39, 0.29) is 18.5 Å². The summed E-state index contributed by atoms with van der Waals surface area (Å²) in [4.78, 5) is 15.3. The number of ether oxygens (including phenoxy) is 1. The van der Waals surface area contributed by atoms with E-state index in [2.05, 4.69) is 4.98 Å². The third-order valence-corrected chi connectivity index (χ3v) is 2.09. The van der Waals surface area contributed by atoms with Crippen LogP contribution in [-0.4, -0.2) is 17.0 Å². The summed E-state index contributed by atoms with van der Waals surface area (Å²) in [5, 5.41) is 0. The minimum Gasteiger partial charge on any atom is -0.460 e. The maximum absolute atomic E-state index is 11.4. The van der Waals surface area contributed by atoms with Gasteiger partial charge in [-0.25, -0.2) is 0 Å². The van der Waals surface area contributed by atoms with Gasteiger partial charge in [-0.2, -0.15) is 0 Å². The second kappa shape index (κ2) is 5.46. The van der Waals surface area contributed by atoms with Crippen LogP contribution in [0, 0.1) is 5.92 Å². The van der Waals surface area contributed by atoms with Crippen LogP contribution in [0.15, 0.2) is 24.5 Å². The van der Waals surface area contributed by atoms with Crippen LogP contribution in [-0.2, 0) is 16.1 Å². The number of nitrogens with two attached hydrogens (primary N) is 1. The lowest BCUT2D eigenvalue weighted by molar-refractivity contribution is -0.147. The quantitative estimate of drug-likeness (QED) is 0.753. The van der Waals surface area contributed by atoms with Crippen molar-refractivity contribution in [3.8, 4) is 0 Å². The van der Waals surface area contributed by atoms with Crippen molar-refractivity contribution in [1.29, 1.82) is 0 Å². The fourth-order valence-electron chi connectivity index (χ4n) is 1.01. The average molecular weight is 208 g/mol. The summed E-state index contributed by atoms with van der Waals surface area (Å²) in [7, 11) is 0. The molecule has 0 spiro atoms. The predicted octanol–water partition coefficient (Wildman–Crippen LogP) is 1.11. The Labute approximate surface area is 89.5 Å². The van der Waals surface area contributed by atoms with Crippen molar-refractivity contribution in [2.75, 3.05) is 0 Å². The molecule has 0 saturated carbocycles. The summed E-state index contributed by atoms with van der Waals surface area (Å²) < 4.78 is 5.05. The minimum absolute atomic E-state index is 0.0893. The highest BCUT2D eigenvalue weighted by molar-refractivity contribution is 5.75. The molecule has 0 bridgehead atoms. The molecule has 2 N–H and O–H groups in total. The first-order chi connectivity index (χ1) is 7.11. The van der Waals surface area contributed by atoms with E-state index in [1.54, 1.807) is 18.5 Å². The van der Waals surface area contributed by atoms with Gasteiger partial charge in [-0.15, -0.1) is 0 Å². The molecule has 1 atom stereocenters. The van der Waals surface area contributed by atoms with Crippen molar-refractivity contribution in [2.45, 2.75) is 26.5 Å². The first-order valence-electron chi connectivity index (χ1n) is 4.92. The number of esters is 1.